The molecule has 0 aliphatic carbocycles. The second-order valence-corrected chi connectivity index (χ2v) is 16.5. The summed E-state index contributed by atoms with van der Waals surface area (Å²) in [6, 6.07) is 17.2. The Morgan fingerprint density at radius 1 is 0.500 bits per heavy atom. The van der Waals surface area contributed by atoms with Crippen molar-refractivity contribution in [2.75, 3.05) is 138 Å². The zero-order valence-electron chi connectivity index (χ0n) is 31.8. The molecular formula is C40H60Cl6N6O2. The van der Waals surface area contributed by atoms with E-state index in [0.29, 0.717) is 48.2 Å². The highest BCUT2D eigenvalue weighted by atomic mass is 35.5. The van der Waals surface area contributed by atoms with Gasteiger partial charge in [0.05, 0.1) is 52.4 Å². The Kier molecular flexibility index (Phi) is 20.7. The van der Waals surface area contributed by atoms with Gasteiger partial charge in [-0.15, -0.1) is 46.4 Å². The van der Waals surface area contributed by atoms with Gasteiger partial charge in [-0.2, -0.15) is 0 Å². The quantitative estimate of drug-likeness (QED) is 0.156. The fourth-order valence-electron chi connectivity index (χ4n) is 8.34. The van der Waals surface area contributed by atoms with Crippen molar-refractivity contribution in [1.29, 1.82) is 0 Å². The lowest BCUT2D eigenvalue weighted by Gasteiger charge is -2.54. The summed E-state index contributed by atoms with van der Waals surface area (Å²) in [6.45, 7) is 15.6. The summed E-state index contributed by atoms with van der Waals surface area (Å²) in [5.74, 6) is 2.90. The van der Waals surface area contributed by atoms with Gasteiger partial charge in [-0.3, -0.25) is 9.59 Å². The lowest BCUT2D eigenvalue weighted by Crippen LogP contribution is -3.00. The molecule has 304 valence electrons. The molecule has 0 bridgehead atoms. The first-order chi connectivity index (χ1) is 25.3. The molecule has 3 aliphatic rings. The zero-order chi connectivity index (χ0) is 36.8. The van der Waals surface area contributed by atoms with E-state index >= 15 is 0 Å². The van der Waals surface area contributed by atoms with Crippen molar-refractivity contribution in [3.8, 4) is 0 Å². The molecule has 2 aromatic rings. The summed E-state index contributed by atoms with van der Waals surface area (Å²) in [5.41, 5.74) is 4.81. The number of halogens is 6. The molecule has 3 heterocycles. The van der Waals surface area contributed by atoms with Crippen molar-refractivity contribution in [2.24, 2.45) is 0 Å². The van der Waals surface area contributed by atoms with Gasteiger partial charge in [0.2, 0.25) is 11.8 Å². The van der Waals surface area contributed by atoms with Crippen molar-refractivity contribution in [2.45, 2.75) is 38.5 Å². The monoisotopic (exact) mass is 866 g/mol. The van der Waals surface area contributed by atoms with Gasteiger partial charge in [0.1, 0.15) is 26.2 Å². The second kappa shape index (κ2) is 23.8. The van der Waals surface area contributed by atoms with Crippen LogP contribution in [0.1, 0.15) is 36.8 Å². The second-order valence-electron chi connectivity index (χ2n) is 15.0. The third-order valence-electron chi connectivity index (χ3n) is 11.9. The van der Waals surface area contributed by atoms with E-state index < -0.39 is 0 Å². The molecule has 0 radical (unpaired) electrons. The highest BCUT2D eigenvalue weighted by molar-refractivity contribution is 6.19. The third-order valence-corrected chi connectivity index (χ3v) is 12.6. The van der Waals surface area contributed by atoms with Crippen molar-refractivity contribution in [1.82, 2.24) is 9.80 Å². The minimum atomic E-state index is 0. The van der Waals surface area contributed by atoms with Crippen LogP contribution in [0.3, 0.4) is 0 Å². The van der Waals surface area contributed by atoms with Gasteiger partial charge >= 0.3 is 0 Å². The van der Waals surface area contributed by atoms with E-state index in [2.05, 4.69) is 68.1 Å². The van der Waals surface area contributed by atoms with Crippen LogP contribution in [0, 0.1) is 0 Å². The molecule has 3 saturated heterocycles. The first kappa shape index (κ1) is 47.0. The minimum Gasteiger partial charge on any atom is -1.00 e. The van der Waals surface area contributed by atoms with Crippen LogP contribution in [-0.4, -0.2) is 159 Å². The number of benzene rings is 2. The van der Waals surface area contributed by atoms with E-state index in [-0.39, 0.29) is 24.8 Å². The topological polar surface area (TPSA) is 47.1 Å². The van der Waals surface area contributed by atoms with E-state index in [1.54, 1.807) is 0 Å². The Hall–Kier alpha value is -1.36. The molecule has 0 aromatic heterocycles. The maximum atomic E-state index is 13.1. The van der Waals surface area contributed by atoms with Crippen LogP contribution in [-0.2, 0) is 22.4 Å². The fourth-order valence-corrected chi connectivity index (χ4v) is 9.16. The molecule has 3 aliphatic heterocycles. The maximum absolute atomic E-state index is 13.1. The molecular weight excluding hydrogens is 809 g/mol. The van der Waals surface area contributed by atoms with Gasteiger partial charge in [0.15, 0.2) is 0 Å². The lowest BCUT2D eigenvalue weighted by atomic mass is 10.1. The Labute approximate surface area is 357 Å². The van der Waals surface area contributed by atoms with Crippen molar-refractivity contribution >= 4 is 69.6 Å². The number of carbonyl (C=O) groups excluding carboxylic acids is 2. The largest absolute Gasteiger partial charge is 1.00 e. The molecule has 14 heteroatoms. The fraction of sp³-hybridized carbons (Fsp3) is 0.650. The number of hydrogen-bond donors (Lipinski definition) is 0. The molecule has 0 saturated carbocycles. The highest BCUT2D eigenvalue weighted by Gasteiger charge is 2.45. The molecule has 8 nitrogen and oxygen atoms in total. The van der Waals surface area contributed by atoms with Gasteiger partial charge in [0, 0.05) is 73.9 Å². The van der Waals surface area contributed by atoms with Gasteiger partial charge in [-0.05, 0) is 61.1 Å². The van der Waals surface area contributed by atoms with E-state index in [1.165, 1.54) is 37.3 Å². The standard InChI is InChI=1S/C40H60Cl4N6O2.2ClH/c41-15-19-45(20-16-42)37-11-7-35(8-12-37)3-1-5-39(51)47-23-27-49(28-24-47)31-33-50(34-32-49)29-25-48(26-30-50)40(52)6-2-4-36-9-13-38(14-10-36)46(21-17-43)22-18-44;;/h7-14H,1-6,15-34H2;2*1H/q+2;;/p-2. The van der Waals surface area contributed by atoms with E-state index in [9.17, 15) is 9.59 Å². The summed E-state index contributed by atoms with van der Waals surface area (Å²) in [5, 5.41) is 0. The SMILES string of the molecule is O=C(CCCc1ccc(N(CCCl)CCCl)cc1)N1CC[N+]2(CC1)CC[N+]1(CCN(C(=O)CCCc3ccc(N(CCCl)CCCl)cc3)CC1)CC2.[Cl-].[Cl-]. The molecule has 0 unspecified atom stereocenters. The van der Waals surface area contributed by atoms with E-state index in [0.717, 1.165) is 125 Å². The molecule has 5 rings (SSSR count). The smallest absolute Gasteiger partial charge is 0.222 e. The predicted octanol–water partition coefficient (Wildman–Crippen LogP) is -0.0602. The number of hydrogen-bond acceptors (Lipinski definition) is 4. The van der Waals surface area contributed by atoms with Gasteiger partial charge in [0.25, 0.3) is 0 Å². The first-order valence-electron chi connectivity index (χ1n) is 19.5. The third kappa shape index (κ3) is 13.4. The van der Waals surface area contributed by atoms with Crippen LogP contribution >= 0.6 is 46.4 Å². The summed E-state index contributed by atoms with van der Waals surface area (Å²) in [7, 11) is 0. The average molecular weight is 870 g/mol. The van der Waals surface area contributed by atoms with Crippen LogP contribution < -0.4 is 34.6 Å². The van der Waals surface area contributed by atoms with Gasteiger partial charge in [-0.25, -0.2) is 0 Å². The molecule has 2 spiro atoms. The Morgan fingerprint density at radius 2 is 0.796 bits per heavy atom. The summed E-state index contributed by atoms with van der Waals surface area (Å²) in [6.07, 6.45) is 4.79. The molecule has 2 aromatic carbocycles. The maximum Gasteiger partial charge on any atom is 0.222 e. The number of amides is 2. The zero-order valence-corrected chi connectivity index (χ0v) is 36.3. The summed E-state index contributed by atoms with van der Waals surface area (Å²) >= 11 is 23.9. The first-order valence-corrected chi connectivity index (χ1v) is 21.6. The number of nitrogens with zero attached hydrogens (tertiary/aromatic N) is 6. The van der Waals surface area contributed by atoms with Crippen LogP contribution in [0.25, 0.3) is 0 Å². The molecule has 3 fully saturated rings. The molecule has 54 heavy (non-hydrogen) atoms. The normalized spacial score (nSPS) is 17.5. The number of rotatable bonds is 18. The molecule has 2 amide bonds. The van der Waals surface area contributed by atoms with Crippen LogP contribution in [0.2, 0.25) is 0 Å². The Bertz CT molecular complexity index is 1260. The van der Waals surface area contributed by atoms with Gasteiger partial charge < -0.3 is 53.4 Å². The van der Waals surface area contributed by atoms with E-state index in [1.807, 2.05) is 0 Å². The van der Waals surface area contributed by atoms with Crippen molar-refractivity contribution < 1.29 is 43.4 Å². The van der Waals surface area contributed by atoms with Crippen LogP contribution in [0.15, 0.2) is 48.5 Å². The number of alkyl halides is 4. The number of carbonyl (C=O) groups is 2. The van der Waals surface area contributed by atoms with Crippen molar-refractivity contribution in [3.63, 3.8) is 0 Å². The van der Waals surface area contributed by atoms with Crippen LogP contribution in [0.5, 0.6) is 0 Å². The number of quaternary nitrogens is 2. The van der Waals surface area contributed by atoms with Crippen LogP contribution in [0.4, 0.5) is 11.4 Å². The Morgan fingerprint density at radius 3 is 1.07 bits per heavy atom. The number of piperazine rings is 3. The minimum absolute atomic E-state index is 0. The average Bonchev–Trinajstić information content (AvgIpc) is 3.17. The molecule has 0 atom stereocenters. The Balaban J connectivity index is 0.00000392. The summed E-state index contributed by atoms with van der Waals surface area (Å²) in [4.78, 5) is 34.9. The number of anilines is 2. The predicted molar refractivity (Wildman–Crippen MR) is 219 cm³/mol. The van der Waals surface area contributed by atoms with Gasteiger partial charge in [-0.1, -0.05) is 24.3 Å². The number of aryl methyl sites for hydroxylation is 2. The van der Waals surface area contributed by atoms with E-state index in [4.69, 9.17) is 46.4 Å². The highest BCUT2D eigenvalue weighted by Crippen LogP contribution is 2.25. The molecule has 0 N–H and O–H groups in total. The lowest BCUT2D eigenvalue weighted by molar-refractivity contribution is -1.03. The summed E-state index contributed by atoms with van der Waals surface area (Å²) < 4.78 is 2.31. The van der Waals surface area contributed by atoms with Crippen molar-refractivity contribution in [3.05, 3.63) is 59.7 Å².